The molecular formula is C31H34N4O3S. The van der Waals surface area contributed by atoms with Crippen LogP contribution in [0.15, 0.2) is 82.8 Å². The number of aromatic nitrogens is 1. The largest absolute Gasteiger partial charge is 0.317 e. The maximum absolute atomic E-state index is 13.6. The molecule has 0 saturated carbocycles. The Balaban J connectivity index is 1.59. The number of carbonyl (C=O) groups excluding carboxylic acids is 1. The van der Waals surface area contributed by atoms with Gasteiger partial charge >= 0.3 is 0 Å². The molecule has 0 aliphatic rings. The third kappa shape index (κ3) is 5.81. The molecule has 0 bridgehead atoms. The fourth-order valence-electron chi connectivity index (χ4n) is 4.86. The Morgan fingerprint density at radius 2 is 1.54 bits per heavy atom. The number of hydrogen-bond acceptors (Lipinski definition) is 4. The van der Waals surface area contributed by atoms with Crippen LogP contribution >= 0.6 is 0 Å². The fraction of sp³-hybridized carbons (Fsp3) is 0.226. The van der Waals surface area contributed by atoms with Gasteiger partial charge in [-0.1, -0.05) is 54.1 Å². The quantitative estimate of drug-likeness (QED) is 0.230. The molecule has 1 N–H and O–H groups in total. The first kappa shape index (κ1) is 27.9. The van der Waals surface area contributed by atoms with Crippen LogP contribution in [0, 0.1) is 41.5 Å². The summed E-state index contributed by atoms with van der Waals surface area (Å²) in [5.41, 5.74) is 11.1. The van der Waals surface area contributed by atoms with Crippen molar-refractivity contribution in [3.63, 3.8) is 0 Å². The maximum atomic E-state index is 13.6. The van der Waals surface area contributed by atoms with Crippen molar-refractivity contribution in [2.45, 2.75) is 46.4 Å². The number of benzene rings is 3. The van der Waals surface area contributed by atoms with Crippen molar-refractivity contribution in [2.75, 3.05) is 10.8 Å². The third-order valence-electron chi connectivity index (χ3n) is 6.77. The smallest absolute Gasteiger partial charge is 0.264 e. The van der Waals surface area contributed by atoms with Crippen LogP contribution in [0.2, 0.25) is 0 Å². The first-order valence-corrected chi connectivity index (χ1v) is 14.2. The number of aryl methyl sites for hydroxylation is 5. The molecule has 0 aliphatic carbocycles. The monoisotopic (exact) mass is 542 g/mol. The lowest BCUT2D eigenvalue weighted by Gasteiger charge is -2.25. The van der Waals surface area contributed by atoms with Gasteiger partial charge in [-0.25, -0.2) is 13.8 Å². The highest BCUT2D eigenvalue weighted by Crippen LogP contribution is 2.28. The van der Waals surface area contributed by atoms with Gasteiger partial charge in [-0.2, -0.15) is 5.10 Å². The second-order valence-corrected chi connectivity index (χ2v) is 11.7. The average molecular weight is 543 g/mol. The van der Waals surface area contributed by atoms with Crippen molar-refractivity contribution >= 4 is 27.8 Å². The van der Waals surface area contributed by atoms with E-state index < -0.39 is 22.5 Å². The number of nitrogens with one attached hydrogen (secondary N) is 1. The highest BCUT2D eigenvalue weighted by Gasteiger charge is 2.28. The summed E-state index contributed by atoms with van der Waals surface area (Å²) in [4.78, 5) is 13.1. The fourth-order valence-corrected chi connectivity index (χ4v) is 6.37. The molecule has 4 rings (SSSR count). The number of nitrogens with zero attached hydrogens (tertiary/aromatic N) is 3. The molecule has 1 aromatic heterocycles. The molecule has 8 heteroatoms. The topological polar surface area (TPSA) is 83.8 Å². The highest BCUT2D eigenvalue weighted by atomic mass is 32.2. The van der Waals surface area contributed by atoms with E-state index in [1.165, 1.54) is 23.3 Å². The van der Waals surface area contributed by atoms with Crippen LogP contribution in [-0.4, -0.2) is 31.7 Å². The highest BCUT2D eigenvalue weighted by molar-refractivity contribution is 7.92. The predicted octanol–water partition coefficient (Wildman–Crippen LogP) is 5.67. The Morgan fingerprint density at radius 1 is 0.872 bits per heavy atom. The number of carbonyl (C=O) groups is 1. The number of anilines is 1. The summed E-state index contributed by atoms with van der Waals surface area (Å²) in [7, 11) is -3.99. The van der Waals surface area contributed by atoms with Crippen molar-refractivity contribution in [3.05, 3.63) is 112 Å². The first-order chi connectivity index (χ1) is 18.5. The minimum atomic E-state index is -3.99. The summed E-state index contributed by atoms with van der Waals surface area (Å²) in [5.74, 6) is -0.547. The van der Waals surface area contributed by atoms with Crippen molar-refractivity contribution in [3.8, 4) is 5.69 Å². The van der Waals surface area contributed by atoms with E-state index in [1.54, 1.807) is 30.5 Å². The molecule has 0 saturated heterocycles. The van der Waals surface area contributed by atoms with Gasteiger partial charge in [-0.3, -0.25) is 9.10 Å². The molecular weight excluding hydrogens is 508 g/mol. The van der Waals surface area contributed by atoms with Gasteiger partial charge in [-0.15, -0.1) is 0 Å². The van der Waals surface area contributed by atoms with Gasteiger partial charge < -0.3 is 4.57 Å². The molecule has 39 heavy (non-hydrogen) atoms. The summed E-state index contributed by atoms with van der Waals surface area (Å²) in [6, 6.07) is 21.8. The van der Waals surface area contributed by atoms with Gasteiger partial charge in [0.25, 0.3) is 15.9 Å². The lowest BCUT2D eigenvalue weighted by atomic mass is 10.1. The molecule has 202 valence electrons. The number of para-hydroxylation sites is 1. The van der Waals surface area contributed by atoms with E-state index in [0.29, 0.717) is 5.69 Å². The van der Waals surface area contributed by atoms with E-state index in [1.807, 2.05) is 52.0 Å². The summed E-state index contributed by atoms with van der Waals surface area (Å²) < 4.78 is 30.5. The Hall–Kier alpha value is -4.17. The molecule has 7 nitrogen and oxygen atoms in total. The lowest BCUT2D eigenvalue weighted by Crippen LogP contribution is -2.40. The number of amides is 1. The van der Waals surface area contributed by atoms with Crippen molar-refractivity contribution in [2.24, 2.45) is 5.10 Å². The standard InChI is InChI=1S/C31H34N4O3S/c1-21-15-16-29(24(4)17-21)34(39(37,38)28-13-8-7-9-14-28)20-30(36)33-32-19-27-18-25(5)35(26(27)6)31-22(2)11-10-12-23(31)3/h7-19H,20H2,1-6H3,(H,33,36)/b32-19-. The van der Waals surface area contributed by atoms with Crippen LogP contribution in [0.25, 0.3) is 5.69 Å². The molecule has 1 amide bonds. The summed E-state index contributed by atoms with van der Waals surface area (Å²) >= 11 is 0. The molecule has 0 spiro atoms. The van der Waals surface area contributed by atoms with Crippen LogP contribution in [0.5, 0.6) is 0 Å². The summed E-state index contributed by atoms with van der Waals surface area (Å²) in [5, 5.41) is 4.17. The van der Waals surface area contributed by atoms with Crippen LogP contribution in [0.4, 0.5) is 5.69 Å². The van der Waals surface area contributed by atoms with Crippen LogP contribution in [0.3, 0.4) is 0 Å². The van der Waals surface area contributed by atoms with Crippen LogP contribution < -0.4 is 9.73 Å². The Bertz CT molecular complexity index is 1630. The molecule has 0 radical (unpaired) electrons. The van der Waals surface area contributed by atoms with Crippen molar-refractivity contribution < 1.29 is 13.2 Å². The molecule has 0 atom stereocenters. The number of sulfonamides is 1. The van der Waals surface area contributed by atoms with Gasteiger partial charge in [0.05, 0.1) is 22.5 Å². The zero-order valence-electron chi connectivity index (χ0n) is 23.2. The molecule has 3 aromatic carbocycles. The third-order valence-corrected chi connectivity index (χ3v) is 8.54. The molecule has 0 aliphatic heterocycles. The lowest BCUT2D eigenvalue weighted by molar-refractivity contribution is -0.119. The summed E-state index contributed by atoms with van der Waals surface area (Å²) in [6.07, 6.45) is 1.59. The predicted molar refractivity (Wildman–Crippen MR) is 157 cm³/mol. The van der Waals surface area contributed by atoms with E-state index in [4.69, 9.17) is 0 Å². The van der Waals surface area contributed by atoms with E-state index >= 15 is 0 Å². The molecule has 4 aromatic rings. The van der Waals surface area contributed by atoms with E-state index in [-0.39, 0.29) is 4.90 Å². The number of rotatable bonds is 8. The van der Waals surface area contributed by atoms with Crippen molar-refractivity contribution in [1.82, 2.24) is 9.99 Å². The minimum absolute atomic E-state index is 0.111. The minimum Gasteiger partial charge on any atom is -0.317 e. The van der Waals surface area contributed by atoms with E-state index in [2.05, 4.69) is 41.1 Å². The van der Waals surface area contributed by atoms with Gasteiger partial charge in [0.2, 0.25) is 0 Å². The average Bonchev–Trinajstić information content (AvgIpc) is 3.16. The van der Waals surface area contributed by atoms with E-state index in [9.17, 15) is 13.2 Å². The first-order valence-electron chi connectivity index (χ1n) is 12.7. The van der Waals surface area contributed by atoms with Gasteiger partial charge in [-0.05, 0) is 82.5 Å². The second kappa shape index (κ2) is 11.3. The molecule has 0 fully saturated rings. The van der Waals surface area contributed by atoms with Gasteiger partial charge in [0.1, 0.15) is 6.54 Å². The molecule has 0 unspecified atom stereocenters. The zero-order valence-corrected chi connectivity index (χ0v) is 24.0. The van der Waals surface area contributed by atoms with Gasteiger partial charge in [0.15, 0.2) is 0 Å². The molecule has 1 heterocycles. The Kier molecular flexibility index (Phi) is 8.06. The zero-order chi connectivity index (χ0) is 28.3. The second-order valence-electron chi connectivity index (χ2n) is 9.81. The number of hydrazone groups is 1. The van der Waals surface area contributed by atoms with Gasteiger partial charge in [0, 0.05) is 17.0 Å². The van der Waals surface area contributed by atoms with Crippen LogP contribution in [-0.2, 0) is 14.8 Å². The Morgan fingerprint density at radius 3 is 2.18 bits per heavy atom. The maximum Gasteiger partial charge on any atom is 0.264 e. The van der Waals surface area contributed by atoms with Crippen molar-refractivity contribution in [1.29, 1.82) is 0 Å². The van der Waals surface area contributed by atoms with Crippen LogP contribution in [0.1, 0.15) is 39.2 Å². The number of hydrogen-bond donors (Lipinski definition) is 1. The Labute approximate surface area is 230 Å². The van der Waals surface area contributed by atoms with E-state index in [0.717, 1.165) is 38.1 Å². The normalized spacial score (nSPS) is 11.6. The SMILES string of the molecule is Cc1ccc(N(CC(=O)N/N=C\c2cc(C)n(-c3c(C)cccc3C)c2C)S(=O)(=O)c2ccccc2)c(C)c1. The summed E-state index contributed by atoms with van der Waals surface area (Å²) in [6.45, 7) is 11.6.